The molecule has 0 saturated heterocycles. The summed E-state index contributed by atoms with van der Waals surface area (Å²) in [5.74, 6) is 0.495. The Morgan fingerprint density at radius 1 is 0.731 bits per heavy atom. The van der Waals surface area contributed by atoms with E-state index in [0.29, 0.717) is 17.5 Å². The van der Waals surface area contributed by atoms with Gasteiger partial charge in [0.2, 0.25) is 0 Å². The number of ketones is 2. The van der Waals surface area contributed by atoms with E-state index in [1.54, 1.807) is 31.4 Å². The maximum atomic E-state index is 13.4. The molecule has 0 heterocycles. The third-order valence-electron chi connectivity index (χ3n) is 5.09. The number of rotatable bonds is 4. The van der Waals surface area contributed by atoms with Gasteiger partial charge in [-0.1, -0.05) is 66.7 Å². The Morgan fingerprint density at radius 3 is 1.81 bits per heavy atom. The molecule has 0 aliphatic heterocycles. The summed E-state index contributed by atoms with van der Waals surface area (Å²) in [6, 6.07) is 24.0. The van der Waals surface area contributed by atoms with Gasteiger partial charge in [-0.15, -0.1) is 0 Å². The van der Waals surface area contributed by atoms with Gasteiger partial charge >= 0.3 is 0 Å². The van der Waals surface area contributed by atoms with Crippen molar-refractivity contribution >= 4 is 11.6 Å². The Balaban J connectivity index is 1.87. The molecule has 0 radical (unpaired) electrons. The molecule has 4 rings (SSSR count). The zero-order chi connectivity index (χ0) is 18.1. The number of carbonyl (C=O) groups excluding carboxylic acids is 2. The van der Waals surface area contributed by atoms with Crippen molar-refractivity contribution in [2.24, 2.45) is 0 Å². The molecule has 1 aliphatic rings. The van der Waals surface area contributed by atoms with Crippen LogP contribution in [-0.2, 0) is 11.8 Å². The lowest BCUT2D eigenvalue weighted by atomic mass is 9.71. The van der Waals surface area contributed by atoms with E-state index in [-0.39, 0.29) is 11.6 Å². The molecule has 0 atom stereocenters. The van der Waals surface area contributed by atoms with E-state index in [2.05, 4.69) is 0 Å². The Bertz CT molecular complexity index is 937. The molecule has 0 unspecified atom stereocenters. The van der Waals surface area contributed by atoms with Crippen LogP contribution in [0.2, 0.25) is 0 Å². The molecule has 26 heavy (non-hydrogen) atoms. The second-order valence-electron chi connectivity index (χ2n) is 6.50. The molecule has 128 valence electrons. The number of benzene rings is 3. The van der Waals surface area contributed by atoms with Crippen LogP contribution in [0.25, 0.3) is 0 Å². The van der Waals surface area contributed by atoms with Crippen molar-refractivity contribution < 1.29 is 14.3 Å². The molecule has 0 amide bonds. The Morgan fingerprint density at radius 2 is 1.27 bits per heavy atom. The average Bonchev–Trinajstić information content (AvgIpc) is 2.92. The minimum atomic E-state index is -1.21. The molecule has 0 saturated carbocycles. The molecule has 3 aromatic rings. The minimum Gasteiger partial charge on any atom is -0.497 e. The van der Waals surface area contributed by atoms with Gasteiger partial charge in [0, 0.05) is 11.1 Å². The molecule has 3 aromatic carbocycles. The van der Waals surface area contributed by atoms with Gasteiger partial charge in [0.15, 0.2) is 11.6 Å². The number of Topliss-reactive ketones (excluding diaryl/α,β-unsaturated/α-hetero) is 2. The summed E-state index contributed by atoms with van der Waals surface area (Å²) in [7, 11) is 1.61. The number of hydrogen-bond acceptors (Lipinski definition) is 3. The molecule has 0 fully saturated rings. The summed E-state index contributed by atoms with van der Waals surface area (Å²) >= 11 is 0. The summed E-state index contributed by atoms with van der Waals surface area (Å²) in [6.45, 7) is 0. The largest absolute Gasteiger partial charge is 0.497 e. The molecule has 1 aliphatic carbocycles. The van der Waals surface area contributed by atoms with Gasteiger partial charge < -0.3 is 4.74 Å². The number of methoxy groups -OCH3 is 1. The summed E-state index contributed by atoms with van der Waals surface area (Å²) in [4.78, 5) is 26.8. The topological polar surface area (TPSA) is 43.4 Å². The van der Waals surface area contributed by atoms with Gasteiger partial charge in [0.05, 0.1) is 7.11 Å². The molecule has 0 N–H and O–H groups in total. The number of hydrogen-bond donors (Lipinski definition) is 0. The van der Waals surface area contributed by atoms with Crippen molar-refractivity contribution in [1.82, 2.24) is 0 Å². The maximum absolute atomic E-state index is 13.4. The van der Waals surface area contributed by atoms with Gasteiger partial charge in [-0.25, -0.2) is 0 Å². The first kappa shape index (κ1) is 16.3. The zero-order valence-electron chi connectivity index (χ0n) is 14.4. The van der Waals surface area contributed by atoms with Crippen molar-refractivity contribution in [2.75, 3.05) is 7.11 Å². The van der Waals surface area contributed by atoms with E-state index in [9.17, 15) is 9.59 Å². The Kier molecular flexibility index (Phi) is 3.92. The molecule has 0 aromatic heterocycles. The summed E-state index contributed by atoms with van der Waals surface area (Å²) < 4.78 is 5.21. The minimum absolute atomic E-state index is 0.125. The van der Waals surface area contributed by atoms with Crippen molar-refractivity contribution in [2.45, 2.75) is 11.8 Å². The van der Waals surface area contributed by atoms with E-state index in [0.717, 1.165) is 16.9 Å². The van der Waals surface area contributed by atoms with Crippen LogP contribution in [0.15, 0.2) is 78.9 Å². The second kappa shape index (κ2) is 6.26. The van der Waals surface area contributed by atoms with Crippen LogP contribution in [0.5, 0.6) is 5.75 Å². The van der Waals surface area contributed by atoms with Crippen molar-refractivity contribution in [1.29, 1.82) is 0 Å². The highest BCUT2D eigenvalue weighted by molar-refractivity contribution is 6.33. The highest BCUT2D eigenvalue weighted by Crippen LogP contribution is 2.42. The number of carbonyl (C=O) groups is 2. The second-order valence-corrected chi connectivity index (χ2v) is 6.50. The van der Waals surface area contributed by atoms with Crippen LogP contribution in [0.3, 0.4) is 0 Å². The van der Waals surface area contributed by atoms with Crippen LogP contribution in [-0.4, -0.2) is 18.7 Å². The fourth-order valence-electron chi connectivity index (χ4n) is 3.74. The summed E-state index contributed by atoms with van der Waals surface area (Å²) in [5.41, 5.74) is 1.47. The SMILES string of the molecule is COc1ccc(CC2(c3ccccc3)C(=O)c3ccccc3C2=O)cc1. The third kappa shape index (κ3) is 2.36. The van der Waals surface area contributed by atoms with Gasteiger partial charge in [-0.05, 0) is 29.7 Å². The van der Waals surface area contributed by atoms with Gasteiger partial charge in [0.25, 0.3) is 0 Å². The standard InChI is InChI=1S/C23H18O3/c1-26-18-13-11-16(12-14-18)15-23(17-7-3-2-4-8-17)21(24)19-9-5-6-10-20(19)22(23)25/h2-14H,15H2,1H3. The molecule has 3 heteroatoms. The molecule has 0 spiro atoms. The third-order valence-corrected chi connectivity index (χ3v) is 5.09. The van der Waals surface area contributed by atoms with Crippen LogP contribution in [0.1, 0.15) is 31.8 Å². The lowest BCUT2D eigenvalue weighted by molar-refractivity contribution is 0.0793. The Labute approximate surface area is 152 Å². The first-order valence-corrected chi connectivity index (χ1v) is 8.54. The highest BCUT2D eigenvalue weighted by atomic mass is 16.5. The highest BCUT2D eigenvalue weighted by Gasteiger charge is 2.53. The lowest BCUT2D eigenvalue weighted by Gasteiger charge is -2.27. The van der Waals surface area contributed by atoms with Gasteiger partial charge in [0.1, 0.15) is 11.2 Å². The van der Waals surface area contributed by atoms with Crippen LogP contribution in [0.4, 0.5) is 0 Å². The van der Waals surface area contributed by atoms with Crippen molar-refractivity contribution in [3.05, 3.63) is 101 Å². The monoisotopic (exact) mass is 342 g/mol. The predicted molar refractivity (Wildman–Crippen MR) is 99.9 cm³/mol. The van der Waals surface area contributed by atoms with E-state index >= 15 is 0 Å². The van der Waals surface area contributed by atoms with Crippen LogP contribution in [0, 0.1) is 0 Å². The fourth-order valence-corrected chi connectivity index (χ4v) is 3.74. The first-order chi connectivity index (χ1) is 12.7. The smallest absolute Gasteiger partial charge is 0.182 e. The van der Waals surface area contributed by atoms with Crippen LogP contribution < -0.4 is 4.74 Å². The molecule has 3 nitrogen and oxygen atoms in total. The van der Waals surface area contributed by atoms with E-state index in [4.69, 9.17) is 4.74 Å². The molecular weight excluding hydrogens is 324 g/mol. The molecular formula is C23H18O3. The summed E-state index contributed by atoms with van der Waals surface area (Å²) in [5, 5.41) is 0. The summed E-state index contributed by atoms with van der Waals surface area (Å²) in [6.07, 6.45) is 0.327. The molecule has 0 bridgehead atoms. The van der Waals surface area contributed by atoms with Crippen LogP contribution >= 0.6 is 0 Å². The van der Waals surface area contributed by atoms with Crippen molar-refractivity contribution in [3.63, 3.8) is 0 Å². The quantitative estimate of drug-likeness (QED) is 0.666. The predicted octanol–water partition coefficient (Wildman–Crippen LogP) is 4.25. The fraction of sp³-hybridized carbons (Fsp3) is 0.130. The number of fused-ring (bicyclic) bond motifs is 1. The van der Waals surface area contributed by atoms with Gasteiger partial charge in [-0.3, -0.25) is 9.59 Å². The van der Waals surface area contributed by atoms with E-state index in [1.807, 2.05) is 54.6 Å². The van der Waals surface area contributed by atoms with E-state index < -0.39 is 5.41 Å². The normalized spacial score (nSPS) is 15.0. The van der Waals surface area contributed by atoms with Gasteiger partial charge in [-0.2, -0.15) is 0 Å². The maximum Gasteiger partial charge on any atom is 0.182 e. The first-order valence-electron chi connectivity index (χ1n) is 8.54. The zero-order valence-corrected chi connectivity index (χ0v) is 14.4. The average molecular weight is 342 g/mol. The Hall–Kier alpha value is -3.20. The lowest BCUT2D eigenvalue weighted by Crippen LogP contribution is -2.40. The number of ether oxygens (including phenoxy) is 1. The van der Waals surface area contributed by atoms with E-state index in [1.165, 1.54) is 0 Å². The van der Waals surface area contributed by atoms with Crippen molar-refractivity contribution in [3.8, 4) is 5.75 Å².